The Balaban J connectivity index is 1.29. The van der Waals surface area contributed by atoms with Gasteiger partial charge in [0, 0.05) is 43.3 Å². The number of hydrogen-bond donors (Lipinski definition) is 2. The van der Waals surface area contributed by atoms with E-state index >= 15 is 0 Å². The van der Waals surface area contributed by atoms with Gasteiger partial charge in [0.05, 0.1) is 0 Å². The topological polar surface area (TPSA) is 191 Å². The van der Waals surface area contributed by atoms with Crippen LogP contribution in [0.5, 0.6) is 0 Å². The maximum atomic E-state index is 12.7. The first-order valence-electron chi connectivity index (χ1n) is 22.3. The highest BCUT2D eigenvalue weighted by Crippen LogP contribution is 2.32. The van der Waals surface area contributed by atoms with E-state index in [-0.39, 0.29) is 18.0 Å². The van der Waals surface area contributed by atoms with Gasteiger partial charge in [-0.05, 0) is 132 Å². The molecule has 2 aromatic carbocycles. The van der Waals surface area contributed by atoms with E-state index in [0.29, 0.717) is 39.0 Å². The molecule has 0 saturated carbocycles. The van der Waals surface area contributed by atoms with Crippen molar-refractivity contribution in [3.8, 4) is 22.8 Å². The van der Waals surface area contributed by atoms with Crippen LogP contribution in [0.15, 0.2) is 70.7 Å². The largest absolute Gasteiger partial charge is 0.444 e. The van der Waals surface area contributed by atoms with Crippen LogP contribution in [0.2, 0.25) is 0 Å². The van der Waals surface area contributed by atoms with Crippen LogP contribution < -0.4 is 10.6 Å². The third-order valence-corrected chi connectivity index (χ3v) is 9.66. The maximum absolute atomic E-state index is 12.7. The Hall–Kier alpha value is -6.52. The number of guanidine groups is 2. The molecule has 0 bridgehead atoms. The molecule has 17 heteroatoms. The summed E-state index contributed by atoms with van der Waals surface area (Å²) >= 11 is 0. The second-order valence-electron chi connectivity index (χ2n) is 20.4. The molecule has 2 aliphatic rings. The summed E-state index contributed by atoms with van der Waals surface area (Å²) in [7, 11) is 0. The lowest BCUT2D eigenvalue weighted by Gasteiger charge is -2.30. The number of rotatable bonds is 5. The molecule has 5 rings (SSSR count). The molecule has 0 radical (unpaired) electrons. The van der Waals surface area contributed by atoms with E-state index in [1.807, 2.05) is 24.3 Å². The second-order valence-corrected chi connectivity index (χ2v) is 20.4. The number of ether oxygens (including phenoxy) is 4. The van der Waals surface area contributed by atoms with Crippen molar-refractivity contribution in [2.24, 2.45) is 9.98 Å². The van der Waals surface area contributed by atoms with Crippen LogP contribution in [0.3, 0.4) is 0 Å². The van der Waals surface area contributed by atoms with Crippen LogP contribution in [0.1, 0.15) is 127 Å². The molecule has 0 aliphatic carbocycles. The van der Waals surface area contributed by atoms with Gasteiger partial charge >= 0.3 is 24.4 Å². The molecular weight excluding hydrogens is 843 g/mol. The number of alkyl carbamates (subject to hydrolysis) is 2. The molecule has 356 valence electrons. The van der Waals surface area contributed by atoms with Gasteiger partial charge in [-0.15, -0.1) is 20.2 Å². The number of carbonyl (C=O) groups is 4. The average molecular weight is 910 g/mol. The number of nitrogens with zero attached hydrogens (tertiary/aromatic N) is 7. The van der Waals surface area contributed by atoms with Crippen molar-refractivity contribution in [1.29, 1.82) is 0 Å². The first kappa shape index (κ1) is 50.5. The highest BCUT2D eigenvalue weighted by atomic mass is 16.6. The Bertz CT molecular complexity index is 2210. The van der Waals surface area contributed by atoms with E-state index in [1.54, 1.807) is 92.9 Å². The zero-order chi connectivity index (χ0) is 48.8. The van der Waals surface area contributed by atoms with Gasteiger partial charge in [-0.1, -0.05) is 60.7 Å². The predicted octanol–water partition coefficient (Wildman–Crippen LogP) is 10.0. The number of aromatic nitrogens is 3. The van der Waals surface area contributed by atoms with E-state index < -0.39 is 46.8 Å². The Morgan fingerprint density at radius 3 is 1.12 bits per heavy atom. The summed E-state index contributed by atoms with van der Waals surface area (Å²) in [5.41, 5.74) is 3.17. The number of hydrogen-bond acceptors (Lipinski definition) is 10. The highest BCUT2D eigenvalue weighted by molar-refractivity contribution is 6.00. The van der Waals surface area contributed by atoms with Gasteiger partial charge in [0.2, 0.25) is 11.9 Å². The highest BCUT2D eigenvalue weighted by Gasteiger charge is 2.27. The fraction of sp³-hybridized carbons (Fsp3) is 0.510. The molecule has 0 fully saturated rings. The first-order valence-corrected chi connectivity index (χ1v) is 22.3. The standard InChI is InChI=1S/C49H67N9O8/c1-31(2)58-38(36-19-15-32(16-20-36)34-23-27-56(28-24-34)40(50-42(59)63-46(3,4)5)51-43(60)64-47(6,7)8)54-55-39(58)37-21-17-33(18-22-37)35-25-29-57(30-26-35)41(52-44(61)65-48(9,10)11)53-45(62)66-49(12,13)14/h15-23,25,31H,24,26-30H2,1-14H3,(H,50,51,59,60)(H,52,53,61,62). The van der Waals surface area contributed by atoms with E-state index in [2.05, 4.69) is 85.6 Å². The van der Waals surface area contributed by atoms with Crippen molar-refractivity contribution in [3.63, 3.8) is 0 Å². The molecule has 66 heavy (non-hydrogen) atoms. The van der Waals surface area contributed by atoms with Gasteiger partial charge in [-0.25, -0.2) is 19.2 Å². The van der Waals surface area contributed by atoms with Crippen molar-refractivity contribution in [2.45, 2.75) is 138 Å². The minimum atomic E-state index is -0.809. The van der Waals surface area contributed by atoms with Gasteiger partial charge < -0.3 is 33.3 Å². The molecule has 0 unspecified atom stereocenters. The number of aliphatic imine (C=N–C) groups is 2. The molecule has 2 aliphatic heterocycles. The molecule has 2 N–H and O–H groups in total. The molecule has 3 heterocycles. The van der Waals surface area contributed by atoms with Gasteiger partial charge in [0.1, 0.15) is 22.4 Å². The normalized spacial score (nSPS) is 15.4. The third kappa shape index (κ3) is 15.0. The molecule has 0 spiro atoms. The van der Waals surface area contributed by atoms with E-state index in [0.717, 1.165) is 45.0 Å². The van der Waals surface area contributed by atoms with Crippen molar-refractivity contribution < 1.29 is 38.1 Å². The molecule has 3 aromatic rings. The average Bonchev–Trinajstić information content (AvgIpc) is 3.64. The number of amides is 4. The summed E-state index contributed by atoms with van der Waals surface area (Å²) < 4.78 is 23.8. The van der Waals surface area contributed by atoms with Gasteiger partial charge in [-0.3, -0.25) is 10.6 Å². The number of nitrogens with one attached hydrogen (secondary N) is 2. The van der Waals surface area contributed by atoms with E-state index in [1.165, 1.54) is 0 Å². The summed E-state index contributed by atoms with van der Waals surface area (Å²) in [6.45, 7) is 27.0. The monoisotopic (exact) mass is 910 g/mol. The molecule has 0 saturated heterocycles. The first-order chi connectivity index (χ1) is 30.6. The van der Waals surface area contributed by atoms with Crippen LogP contribution in [0.4, 0.5) is 19.2 Å². The van der Waals surface area contributed by atoms with Crippen LogP contribution in [0.25, 0.3) is 33.9 Å². The quantitative estimate of drug-likeness (QED) is 0.140. The second kappa shape index (κ2) is 20.3. The van der Waals surface area contributed by atoms with E-state index in [9.17, 15) is 19.2 Å². The minimum Gasteiger partial charge on any atom is -0.444 e. The van der Waals surface area contributed by atoms with E-state index in [4.69, 9.17) is 18.9 Å². The Morgan fingerprint density at radius 2 is 0.848 bits per heavy atom. The molecule has 17 nitrogen and oxygen atoms in total. The predicted molar refractivity (Wildman–Crippen MR) is 256 cm³/mol. The Labute approximate surface area is 388 Å². The molecular formula is C49H67N9O8. The summed E-state index contributed by atoms with van der Waals surface area (Å²) in [5, 5.41) is 14.6. The van der Waals surface area contributed by atoms with Crippen LogP contribution in [-0.2, 0) is 18.9 Å². The number of benzene rings is 2. The molecule has 1 aromatic heterocycles. The summed E-state index contributed by atoms with van der Waals surface area (Å²) in [6.07, 6.45) is 2.33. The maximum Gasteiger partial charge on any atom is 0.437 e. The molecule has 4 amide bonds. The smallest absolute Gasteiger partial charge is 0.437 e. The van der Waals surface area contributed by atoms with Gasteiger partial charge in [0.25, 0.3) is 0 Å². The summed E-state index contributed by atoms with van der Waals surface area (Å²) in [6, 6.07) is 16.5. The van der Waals surface area contributed by atoms with Gasteiger partial charge in [-0.2, -0.15) is 0 Å². The van der Waals surface area contributed by atoms with Crippen molar-refractivity contribution in [3.05, 3.63) is 71.8 Å². The van der Waals surface area contributed by atoms with Crippen molar-refractivity contribution >= 4 is 47.4 Å². The summed E-state index contributed by atoms with van der Waals surface area (Å²) in [4.78, 5) is 62.6. The van der Waals surface area contributed by atoms with Crippen molar-refractivity contribution in [1.82, 2.24) is 35.2 Å². The lowest BCUT2D eigenvalue weighted by Crippen LogP contribution is -2.48. The van der Waals surface area contributed by atoms with Crippen LogP contribution in [0, 0.1) is 0 Å². The fourth-order valence-corrected chi connectivity index (χ4v) is 6.98. The number of carbonyl (C=O) groups excluding carboxylic acids is 4. The van der Waals surface area contributed by atoms with Gasteiger partial charge in [0.15, 0.2) is 11.6 Å². The van der Waals surface area contributed by atoms with Crippen LogP contribution in [-0.4, -0.2) is 109 Å². The lowest BCUT2D eigenvalue weighted by molar-refractivity contribution is 0.0536. The third-order valence-electron chi connectivity index (χ3n) is 9.66. The Morgan fingerprint density at radius 1 is 0.530 bits per heavy atom. The minimum absolute atomic E-state index is 0.0556. The SMILES string of the molecule is CC(C)n1c(-c2ccc(C3=CCN(C(=NC(=O)OC(C)(C)C)NC(=O)OC(C)(C)C)CC3)cc2)nnc1-c1ccc(C2=CCN(C(=NC(=O)OC(C)(C)C)NC(=O)OC(C)(C)C)CC2)cc1. The zero-order valence-electron chi connectivity index (χ0n) is 41.0. The fourth-order valence-electron chi connectivity index (χ4n) is 6.98. The summed E-state index contributed by atoms with van der Waals surface area (Å²) in [5.74, 6) is 1.62. The molecule has 0 atom stereocenters. The van der Waals surface area contributed by atoms with Crippen LogP contribution >= 0.6 is 0 Å². The zero-order valence-corrected chi connectivity index (χ0v) is 41.0. The lowest BCUT2D eigenvalue weighted by atomic mass is 9.98. The van der Waals surface area contributed by atoms with Crippen molar-refractivity contribution in [2.75, 3.05) is 26.2 Å². The Kier molecular flexibility index (Phi) is 15.6.